The molecule has 0 aromatic carbocycles. The summed E-state index contributed by atoms with van der Waals surface area (Å²) in [6.07, 6.45) is 2.18. The Morgan fingerprint density at radius 2 is 2.27 bits per heavy atom. The third-order valence-electron chi connectivity index (χ3n) is 2.32. The molecule has 15 heavy (non-hydrogen) atoms. The Morgan fingerprint density at radius 3 is 2.87 bits per heavy atom. The molecule has 0 spiro atoms. The molecule has 2 N–H and O–H groups in total. The number of nitrogens with zero attached hydrogens (tertiary/aromatic N) is 2. The SMILES string of the molecule is CCc1cc(CNCCCN(C)C)[nH]n1. The van der Waals surface area contributed by atoms with Crippen molar-refractivity contribution in [2.24, 2.45) is 0 Å². The van der Waals surface area contributed by atoms with E-state index in [4.69, 9.17) is 0 Å². The van der Waals surface area contributed by atoms with Crippen molar-refractivity contribution in [1.82, 2.24) is 20.4 Å². The van der Waals surface area contributed by atoms with E-state index in [1.807, 2.05) is 0 Å². The number of hydrogen-bond donors (Lipinski definition) is 2. The molecule has 1 rings (SSSR count). The summed E-state index contributed by atoms with van der Waals surface area (Å²) in [5.41, 5.74) is 2.32. The second-order valence-corrected chi connectivity index (χ2v) is 4.07. The number of hydrogen-bond acceptors (Lipinski definition) is 3. The van der Waals surface area contributed by atoms with Gasteiger partial charge in [-0.25, -0.2) is 0 Å². The summed E-state index contributed by atoms with van der Waals surface area (Å²) < 4.78 is 0. The van der Waals surface area contributed by atoms with Crippen LogP contribution in [0.2, 0.25) is 0 Å². The van der Waals surface area contributed by atoms with E-state index in [0.29, 0.717) is 0 Å². The van der Waals surface area contributed by atoms with Gasteiger partial charge in [0, 0.05) is 12.2 Å². The predicted octanol–water partition coefficient (Wildman–Crippen LogP) is 1.01. The van der Waals surface area contributed by atoms with Crippen molar-refractivity contribution in [2.45, 2.75) is 26.3 Å². The first-order valence-corrected chi connectivity index (χ1v) is 5.61. The minimum Gasteiger partial charge on any atom is -0.311 e. The van der Waals surface area contributed by atoms with Crippen LogP contribution in [0.5, 0.6) is 0 Å². The smallest absolute Gasteiger partial charge is 0.0622 e. The lowest BCUT2D eigenvalue weighted by Gasteiger charge is -2.09. The Morgan fingerprint density at radius 1 is 1.47 bits per heavy atom. The van der Waals surface area contributed by atoms with Crippen LogP contribution in [0.15, 0.2) is 6.07 Å². The van der Waals surface area contributed by atoms with Gasteiger partial charge in [-0.3, -0.25) is 5.10 Å². The molecular weight excluding hydrogens is 188 g/mol. The van der Waals surface area contributed by atoms with Crippen molar-refractivity contribution >= 4 is 0 Å². The van der Waals surface area contributed by atoms with Crippen molar-refractivity contribution in [3.63, 3.8) is 0 Å². The Hall–Kier alpha value is -0.870. The van der Waals surface area contributed by atoms with Gasteiger partial charge in [-0.05, 0) is 46.1 Å². The summed E-state index contributed by atoms with van der Waals surface area (Å²) >= 11 is 0. The molecule has 0 amide bonds. The summed E-state index contributed by atoms with van der Waals surface area (Å²) in [5, 5.41) is 10.6. The highest BCUT2D eigenvalue weighted by atomic mass is 15.1. The predicted molar refractivity (Wildman–Crippen MR) is 62.8 cm³/mol. The fraction of sp³-hybridized carbons (Fsp3) is 0.727. The molecule has 0 aliphatic rings. The summed E-state index contributed by atoms with van der Waals surface area (Å²) in [6.45, 7) is 5.19. The summed E-state index contributed by atoms with van der Waals surface area (Å²) in [6, 6.07) is 2.12. The van der Waals surface area contributed by atoms with Crippen LogP contribution < -0.4 is 5.32 Å². The van der Waals surface area contributed by atoms with Gasteiger partial charge in [-0.1, -0.05) is 6.92 Å². The normalized spacial score (nSPS) is 11.2. The largest absolute Gasteiger partial charge is 0.311 e. The van der Waals surface area contributed by atoms with E-state index in [1.165, 1.54) is 12.1 Å². The molecule has 0 unspecified atom stereocenters. The molecule has 0 aliphatic carbocycles. The van der Waals surface area contributed by atoms with E-state index in [0.717, 1.165) is 31.7 Å². The zero-order valence-corrected chi connectivity index (χ0v) is 10.0. The fourth-order valence-electron chi connectivity index (χ4n) is 1.42. The van der Waals surface area contributed by atoms with E-state index in [-0.39, 0.29) is 0 Å². The monoisotopic (exact) mass is 210 g/mol. The Labute approximate surface area is 92.1 Å². The molecular formula is C11H22N4. The van der Waals surface area contributed by atoms with Gasteiger partial charge in [-0.15, -0.1) is 0 Å². The molecule has 4 heteroatoms. The first-order valence-electron chi connectivity index (χ1n) is 5.61. The highest BCUT2D eigenvalue weighted by molar-refractivity contribution is 5.07. The van der Waals surface area contributed by atoms with Gasteiger partial charge in [0.15, 0.2) is 0 Å². The summed E-state index contributed by atoms with van der Waals surface area (Å²) in [5.74, 6) is 0. The average molecular weight is 210 g/mol. The number of aromatic nitrogens is 2. The van der Waals surface area contributed by atoms with Gasteiger partial charge in [0.25, 0.3) is 0 Å². The Bertz CT molecular complexity index is 267. The maximum atomic E-state index is 4.19. The van der Waals surface area contributed by atoms with Crippen molar-refractivity contribution in [3.8, 4) is 0 Å². The standard InChI is InChI=1S/C11H22N4/c1-4-10-8-11(14-13-10)9-12-6-5-7-15(2)3/h8,12H,4-7,9H2,1-3H3,(H,13,14). The molecule has 86 valence electrons. The van der Waals surface area contributed by atoms with E-state index < -0.39 is 0 Å². The van der Waals surface area contributed by atoms with E-state index >= 15 is 0 Å². The summed E-state index contributed by atoms with van der Waals surface area (Å²) in [4.78, 5) is 2.20. The molecule has 0 saturated carbocycles. The van der Waals surface area contributed by atoms with Crippen LogP contribution in [-0.2, 0) is 13.0 Å². The van der Waals surface area contributed by atoms with Crippen molar-refractivity contribution < 1.29 is 0 Å². The molecule has 4 nitrogen and oxygen atoms in total. The van der Waals surface area contributed by atoms with E-state index in [1.54, 1.807) is 0 Å². The molecule has 1 aromatic rings. The fourth-order valence-corrected chi connectivity index (χ4v) is 1.42. The molecule has 1 heterocycles. The molecule has 0 saturated heterocycles. The number of nitrogens with one attached hydrogen (secondary N) is 2. The highest BCUT2D eigenvalue weighted by Gasteiger charge is 1.98. The minimum atomic E-state index is 0.889. The third-order valence-corrected chi connectivity index (χ3v) is 2.32. The quantitative estimate of drug-likeness (QED) is 0.660. The van der Waals surface area contributed by atoms with Crippen molar-refractivity contribution in [1.29, 1.82) is 0 Å². The summed E-state index contributed by atoms with van der Waals surface area (Å²) in [7, 11) is 4.20. The van der Waals surface area contributed by atoms with Gasteiger partial charge in [0.1, 0.15) is 0 Å². The number of aromatic amines is 1. The molecule has 0 aliphatic heterocycles. The number of rotatable bonds is 7. The van der Waals surface area contributed by atoms with E-state index in [9.17, 15) is 0 Å². The lowest BCUT2D eigenvalue weighted by atomic mass is 10.3. The number of H-pyrrole nitrogens is 1. The molecule has 0 fully saturated rings. The Balaban J connectivity index is 2.09. The van der Waals surface area contributed by atoms with Crippen molar-refractivity contribution in [2.75, 3.05) is 27.2 Å². The second kappa shape index (κ2) is 6.58. The van der Waals surface area contributed by atoms with Gasteiger partial charge in [0.2, 0.25) is 0 Å². The van der Waals surface area contributed by atoms with Gasteiger partial charge < -0.3 is 10.2 Å². The average Bonchev–Trinajstić information content (AvgIpc) is 2.65. The van der Waals surface area contributed by atoms with Gasteiger partial charge >= 0.3 is 0 Å². The lowest BCUT2D eigenvalue weighted by Crippen LogP contribution is -2.21. The Kier molecular flexibility index (Phi) is 5.36. The van der Waals surface area contributed by atoms with Crippen LogP contribution in [0.25, 0.3) is 0 Å². The topological polar surface area (TPSA) is 44.0 Å². The first-order chi connectivity index (χ1) is 7.22. The maximum absolute atomic E-state index is 4.19. The molecule has 0 bridgehead atoms. The van der Waals surface area contributed by atoms with Crippen LogP contribution >= 0.6 is 0 Å². The number of aryl methyl sites for hydroxylation is 1. The third kappa shape index (κ3) is 4.95. The van der Waals surface area contributed by atoms with Crippen LogP contribution in [-0.4, -0.2) is 42.3 Å². The van der Waals surface area contributed by atoms with Gasteiger partial charge in [0.05, 0.1) is 5.69 Å². The first kappa shape index (κ1) is 12.2. The molecule has 1 aromatic heterocycles. The molecule has 0 atom stereocenters. The van der Waals surface area contributed by atoms with Crippen LogP contribution in [0, 0.1) is 0 Å². The molecule has 0 radical (unpaired) electrons. The zero-order chi connectivity index (χ0) is 11.1. The second-order valence-electron chi connectivity index (χ2n) is 4.07. The van der Waals surface area contributed by atoms with Crippen LogP contribution in [0.1, 0.15) is 24.7 Å². The van der Waals surface area contributed by atoms with Gasteiger partial charge in [-0.2, -0.15) is 5.10 Å². The zero-order valence-electron chi connectivity index (χ0n) is 10.0. The minimum absolute atomic E-state index is 0.889. The van der Waals surface area contributed by atoms with Crippen molar-refractivity contribution in [3.05, 3.63) is 17.5 Å². The lowest BCUT2D eigenvalue weighted by molar-refractivity contribution is 0.394. The highest BCUT2D eigenvalue weighted by Crippen LogP contribution is 1.99. The van der Waals surface area contributed by atoms with Crippen LogP contribution in [0.4, 0.5) is 0 Å². The van der Waals surface area contributed by atoms with Crippen LogP contribution in [0.3, 0.4) is 0 Å². The maximum Gasteiger partial charge on any atom is 0.0622 e. The van der Waals surface area contributed by atoms with E-state index in [2.05, 4.69) is 47.5 Å².